The Hall–Kier alpha value is -12.8. The molecule has 0 atom stereocenters. The van der Waals surface area contributed by atoms with Gasteiger partial charge in [0.15, 0.2) is 0 Å². The Kier molecular flexibility index (Phi) is 27.7. The van der Waals surface area contributed by atoms with Crippen molar-refractivity contribution in [1.29, 1.82) is 0 Å². The van der Waals surface area contributed by atoms with Crippen molar-refractivity contribution < 1.29 is 44.1 Å². The number of carboxylic acids is 3. The van der Waals surface area contributed by atoms with Crippen molar-refractivity contribution in [2.75, 3.05) is 127 Å². The first-order chi connectivity index (χ1) is 56.0. The molecule has 0 aliphatic carbocycles. The molecule has 8 aromatic carbocycles. The SMILES string of the molecule is CN(C)c1nc(Cc2ccc(NC(=O)c3ccc(Cl)c(Cl)c3)cc2)nc(N2CCCC2)c1CC(=O)O.CN(C)c1nc(Cc2ccc(NC(=O)c3cccc(-c4ccccc4)c3)cc2)nc(N2CCCC2)c1CC(=O)O.CN(C)c1nc(Cc2ccc(NC(=O)c3ccccc3-c3ccccc3)cc2)nc(N2CCCC2)c1CC(=O)O. The molecule has 0 radical (unpaired) electrons. The highest BCUT2D eigenvalue weighted by Crippen LogP contribution is 2.36. The summed E-state index contributed by atoms with van der Waals surface area (Å²) >= 11 is 11.9. The monoisotopic (exact) mass is 1600 g/mol. The van der Waals surface area contributed by atoms with Gasteiger partial charge in [0.1, 0.15) is 52.4 Å². The van der Waals surface area contributed by atoms with E-state index in [1.54, 1.807) is 12.1 Å². The number of rotatable bonds is 26. The molecule has 3 saturated heterocycles. The lowest BCUT2D eigenvalue weighted by atomic mass is 9.99. The van der Waals surface area contributed by atoms with Gasteiger partial charge in [0.05, 0.1) is 29.3 Å². The van der Waals surface area contributed by atoms with Crippen LogP contribution in [-0.4, -0.2) is 162 Å². The van der Waals surface area contributed by atoms with Crippen LogP contribution >= 0.6 is 23.2 Å². The van der Waals surface area contributed by atoms with Crippen molar-refractivity contribution >= 4 is 111 Å². The van der Waals surface area contributed by atoms with E-state index in [1.165, 1.54) is 6.07 Å². The van der Waals surface area contributed by atoms with Gasteiger partial charge in [0.2, 0.25) is 0 Å². The molecule has 3 aliphatic heterocycles. The van der Waals surface area contributed by atoms with Crippen LogP contribution in [0, 0.1) is 0 Å². The highest BCUT2D eigenvalue weighted by molar-refractivity contribution is 6.42. The predicted octanol–water partition coefficient (Wildman–Crippen LogP) is 15.5. The number of hydrogen-bond donors (Lipinski definition) is 6. The van der Waals surface area contributed by atoms with Crippen LogP contribution in [0.5, 0.6) is 0 Å². The van der Waals surface area contributed by atoms with Crippen LogP contribution in [0.25, 0.3) is 22.3 Å². The van der Waals surface area contributed by atoms with Gasteiger partial charge in [0.25, 0.3) is 17.7 Å². The zero-order chi connectivity index (χ0) is 81.9. The third kappa shape index (κ3) is 21.7. The number of benzene rings is 8. The van der Waals surface area contributed by atoms with Gasteiger partial charge >= 0.3 is 17.9 Å². The highest BCUT2D eigenvalue weighted by atomic mass is 35.5. The van der Waals surface area contributed by atoms with Crippen molar-refractivity contribution in [2.24, 2.45) is 0 Å². The molecule has 3 aliphatic rings. The molecule has 0 unspecified atom stereocenters. The number of aromatic nitrogens is 6. The molecule has 116 heavy (non-hydrogen) atoms. The molecule has 0 saturated carbocycles. The maximum Gasteiger partial charge on any atom is 0.308 e. The lowest BCUT2D eigenvalue weighted by Crippen LogP contribution is -2.26. The molecule has 24 nitrogen and oxygen atoms in total. The third-order valence-corrected chi connectivity index (χ3v) is 20.6. The molecular weight excluding hydrogens is 1510 g/mol. The Balaban J connectivity index is 0.000000161. The number of aliphatic carboxylic acids is 3. The Morgan fingerprint density at radius 1 is 0.353 bits per heavy atom. The fourth-order valence-electron chi connectivity index (χ4n) is 14.3. The number of hydrogen-bond acceptors (Lipinski definition) is 18. The van der Waals surface area contributed by atoms with Crippen LogP contribution in [0.1, 0.15) is 120 Å². The fraction of sp³-hybridized carbons (Fsp3) is 0.267. The molecule has 3 aromatic heterocycles. The standard InChI is InChI=1S/2C32H33N5O3.C26H27Cl2N5O3/c1-36(2)30-27(21-29(38)39)31(37-18-8-9-19-37)35-28(34-30)20-22-14-16-24(17-15-22)33-32(40)26-13-7-6-12-25(26)23-10-4-3-5-11-23;1-36(2)30-27(21-29(38)39)31(37-17-6-7-18-37)35-28(34-30)19-22-13-15-26(16-14-22)33-32(40)25-12-8-11-24(20-25)23-9-4-3-5-10-23;1-32(2)24-19(15-23(34)35)25(33-11-3-4-12-33)31-22(30-24)13-16-5-8-18(9-6-16)29-26(36)17-7-10-20(27)21(28)14-17/h3-7,10-17H,8-9,18-21H2,1-2H3,(H,33,40)(H,38,39);3-5,8-16,20H,6-7,17-19,21H2,1-2H3,(H,33,40)(H,38,39);5-10,14H,3-4,11-13,15H2,1-2H3,(H,29,36)(H,34,35). The normalized spacial score (nSPS) is 12.9. The van der Waals surface area contributed by atoms with Crippen molar-refractivity contribution in [3.8, 4) is 22.3 Å². The zero-order valence-corrected chi connectivity index (χ0v) is 67.2. The van der Waals surface area contributed by atoms with Gasteiger partial charge in [0, 0.05) is 151 Å². The second-order valence-corrected chi connectivity index (χ2v) is 30.1. The van der Waals surface area contributed by atoms with Gasteiger partial charge in [-0.1, -0.05) is 151 Å². The van der Waals surface area contributed by atoms with Gasteiger partial charge in [-0.2, -0.15) is 0 Å². The number of carbonyl (C=O) groups excluding carboxylic acids is 3. The van der Waals surface area contributed by atoms with Crippen LogP contribution in [0.2, 0.25) is 10.0 Å². The molecule has 14 rings (SSSR count). The predicted molar refractivity (Wildman–Crippen MR) is 459 cm³/mol. The summed E-state index contributed by atoms with van der Waals surface area (Å²) in [5.74, 6) is 2.57. The van der Waals surface area contributed by atoms with Crippen molar-refractivity contribution in [1.82, 2.24) is 29.9 Å². The Morgan fingerprint density at radius 2 is 0.690 bits per heavy atom. The van der Waals surface area contributed by atoms with Crippen molar-refractivity contribution in [3.05, 3.63) is 278 Å². The summed E-state index contributed by atoms with van der Waals surface area (Å²) in [5.41, 5.74) is 12.4. The molecule has 26 heteroatoms. The minimum absolute atomic E-state index is 0.123. The van der Waals surface area contributed by atoms with E-state index in [0.29, 0.717) is 120 Å². The third-order valence-electron chi connectivity index (χ3n) is 19.9. The Bertz CT molecular complexity index is 5310. The van der Waals surface area contributed by atoms with Gasteiger partial charge in [-0.25, -0.2) is 29.9 Å². The fourth-order valence-corrected chi connectivity index (χ4v) is 14.6. The van der Waals surface area contributed by atoms with Crippen LogP contribution in [0.15, 0.2) is 200 Å². The summed E-state index contributed by atoms with van der Waals surface area (Å²) in [5, 5.41) is 38.2. The summed E-state index contributed by atoms with van der Waals surface area (Å²) in [6, 6.07) is 62.5. The number of anilines is 9. The second kappa shape index (κ2) is 38.8. The second-order valence-electron chi connectivity index (χ2n) is 29.2. The van der Waals surface area contributed by atoms with Crippen LogP contribution in [0.4, 0.5) is 52.0 Å². The number of carbonyl (C=O) groups is 6. The first kappa shape index (κ1) is 82.7. The number of halogens is 2. The van der Waals surface area contributed by atoms with Gasteiger partial charge in [-0.3, -0.25) is 28.8 Å². The first-order valence-corrected chi connectivity index (χ1v) is 39.3. The molecule has 3 fully saturated rings. The number of carboxylic acid groups (broad SMARTS) is 3. The van der Waals surface area contributed by atoms with Crippen molar-refractivity contribution in [3.63, 3.8) is 0 Å². The number of nitrogens with one attached hydrogen (secondary N) is 3. The molecule has 11 aromatic rings. The van der Waals surface area contributed by atoms with E-state index in [-0.39, 0.29) is 37.0 Å². The summed E-state index contributed by atoms with van der Waals surface area (Å²) in [6.07, 6.45) is 7.42. The van der Waals surface area contributed by atoms with Gasteiger partial charge in [-0.15, -0.1) is 0 Å². The first-order valence-electron chi connectivity index (χ1n) is 38.5. The zero-order valence-electron chi connectivity index (χ0n) is 65.7. The van der Waals surface area contributed by atoms with Crippen molar-refractivity contribution in [2.45, 2.75) is 77.0 Å². The quantitative estimate of drug-likeness (QED) is 0.0293. The summed E-state index contributed by atoms with van der Waals surface area (Å²) in [6.45, 7) is 5.14. The molecule has 6 heterocycles. The van der Waals surface area contributed by atoms with Crippen LogP contribution in [-0.2, 0) is 52.9 Å². The number of amides is 3. The van der Waals surface area contributed by atoms with E-state index in [0.717, 1.165) is 128 Å². The molecule has 6 N–H and O–H groups in total. The maximum atomic E-state index is 13.2. The molecule has 0 bridgehead atoms. The van der Waals surface area contributed by atoms with Crippen LogP contribution < -0.4 is 45.3 Å². The van der Waals surface area contributed by atoms with Gasteiger partial charge in [-0.05, 0) is 150 Å². The van der Waals surface area contributed by atoms with E-state index in [2.05, 4.69) is 30.7 Å². The lowest BCUT2D eigenvalue weighted by Gasteiger charge is -2.25. The van der Waals surface area contributed by atoms with E-state index in [4.69, 9.17) is 53.1 Å². The number of nitrogens with zero attached hydrogens (tertiary/aromatic N) is 12. The molecule has 0 spiro atoms. The molecular formula is C90H93Cl2N15O9. The summed E-state index contributed by atoms with van der Waals surface area (Å²) < 4.78 is 0. The van der Waals surface area contributed by atoms with Crippen LogP contribution in [0.3, 0.4) is 0 Å². The average molecular weight is 1600 g/mol. The summed E-state index contributed by atoms with van der Waals surface area (Å²) in [4.78, 5) is 114. The minimum atomic E-state index is -0.909. The largest absolute Gasteiger partial charge is 0.481 e. The Morgan fingerprint density at radius 3 is 1.05 bits per heavy atom. The topological polar surface area (TPSA) is 296 Å². The lowest BCUT2D eigenvalue weighted by molar-refractivity contribution is -0.137. The maximum absolute atomic E-state index is 13.2. The molecule has 596 valence electrons. The van der Waals surface area contributed by atoms with E-state index in [1.807, 2.05) is 239 Å². The van der Waals surface area contributed by atoms with E-state index >= 15 is 0 Å². The van der Waals surface area contributed by atoms with E-state index < -0.39 is 17.9 Å². The smallest absolute Gasteiger partial charge is 0.308 e. The minimum Gasteiger partial charge on any atom is -0.481 e. The summed E-state index contributed by atoms with van der Waals surface area (Å²) in [7, 11) is 11.2. The average Bonchev–Trinajstić information content (AvgIpc) is 1.30. The van der Waals surface area contributed by atoms with E-state index in [9.17, 15) is 44.1 Å². The highest BCUT2D eigenvalue weighted by Gasteiger charge is 2.29. The molecule has 3 amide bonds. The van der Waals surface area contributed by atoms with Gasteiger partial charge < -0.3 is 60.7 Å². The Labute approximate surface area is 684 Å².